The van der Waals surface area contributed by atoms with Gasteiger partial charge in [-0.25, -0.2) is 24.9 Å². The topological polar surface area (TPSA) is 77.6 Å². The van der Waals surface area contributed by atoms with Gasteiger partial charge in [-0.15, -0.1) is 0 Å². The van der Waals surface area contributed by atoms with Crippen LogP contribution in [-0.4, -0.2) is 24.9 Å². The Kier molecular flexibility index (Phi) is 10.4. The lowest BCUT2D eigenvalue weighted by molar-refractivity contribution is 0.673. The zero-order valence-corrected chi connectivity index (χ0v) is 38.3. The fourth-order valence-corrected chi connectivity index (χ4v) is 9.47. The van der Waals surface area contributed by atoms with Crippen LogP contribution in [0.2, 0.25) is 0 Å². The minimum Gasteiger partial charge on any atom is -0.455 e. The van der Waals surface area contributed by atoms with E-state index >= 15 is 0 Å². The second kappa shape index (κ2) is 17.8. The number of hydrogen-bond donors (Lipinski definition) is 0. The Morgan fingerprint density at radius 3 is 1.23 bits per heavy atom. The summed E-state index contributed by atoms with van der Waals surface area (Å²) in [6, 6.07) is 85.8. The van der Waals surface area contributed by atoms with Gasteiger partial charge in [0, 0.05) is 49.5 Å². The van der Waals surface area contributed by atoms with Crippen LogP contribution in [0.3, 0.4) is 0 Å². The monoisotopic (exact) mass is 907 g/mol. The summed E-state index contributed by atoms with van der Waals surface area (Å²) in [6.45, 7) is 0. The summed E-state index contributed by atoms with van der Waals surface area (Å²) >= 11 is 0. The van der Waals surface area contributed by atoms with Crippen LogP contribution in [0.4, 0.5) is 0 Å². The van der Waals surface area contributed by atoms with E-state index in [2.05, 4.69) is 218 Å². The number of benzene rings is 10. The van der Waals surface area contributed by atoms with Gasteiger partial charge in [-0.05, 0) is 75.2 Å². The molecule has 3 heterocycles. The van der Waals surface area contributed by atoms with Crippen molar-refractivity contribution in [2.75, 3.05) is 0 Å². The predicted octanol–water partition coefficient (Wildman–Crippen LogP) is 16.7. The molecule has 0 aliphatic rings. The largest absolute Gasteiger partial charge is 0.455 e. The van der Waals surface area contributed by atoms with E-state index in [1.165, 1.54) is 0 Å². The van der Waals surface area contributed by atoms with Crippen molar-refractivity contribution >= 4 is 32.7 Å². The van der Waals surface area contributed by atoms with Crippen LogP contribution in [0, 0.1) is 0 Å². The Labute approximate surface area is 410 Å². The van der Waals surface area contributed by atoms with E-state index in [-0.39, 0.29) is 0 Å². The van der Waals surface area contributed by atoms with Crippen LogP contribution in [0.25, 0.3) is 134 Å². The second-order valence-electron chi connectivity index (χ2n) is 17.7. The van der Waals surface area contributed by atoms with Gasteiger partial charge in [0.05, 0.1) is 11.4 Å². The van der Waals surface area contributed by atoms with Crippen LogP contribution in [-0.2, 0) is 0 Å². The molecule has 332 valence electrons. The second-order valence-corrected chi connectivity index (χ2v) is 17.7. The van der Waals surface area contributed by atoms with E-state index in [0.717, 1.165) is 111 Å². The maximum atomic E-state index is 6.61. The number of hydrogen-bond acceptors (Lipinski definition) is 6. The van der Waals surface area contributed by atoms with Crippen molar-refractivity contribution in [1.82, 2.24) is 24.9 Å². The molecular formula is C65H41N5O. The molecule has 6 heteroatoms. The van der Waals surface area contributed by atoms with E-state index in [4.69, 9.17) is 29.3 Å². The van der Waals surface area contributed by atoms with E-state index in [9.17, 15) is 0 Å². The summed E-state index contributed by atoms with van der Waals surface area (Å²) < 4.78 is 6.61. The van der Waals surface area contributed by atoms with Gasteiger partial charge < -0.3 is 4.42 Å². The van der Waals surface area contributed by atoms with E-state index < -0.39 is 0 Å². The Bertz CT molecular complexity index is 3980. The van der Waals surface area contributed by atoms with Crippen molar-refractivity contribution in [3.8, 4) is 101 Å². The van der Waals surface area contributed by atoms with Gasteiger partial charge in [0.25, 0.3) is 0 Å². The molecule has 0 saturated carbocycles. The third-order valence-corrected chi connectivity index (χ3v) is 13.2. The zero-order valence-electron chi connectivity index (χ0n) is 38.3. The van der Waals surface area contributed by atoms with Gasteiger partial charge in [-0.3, -0.25) is 0 Å². The van der Waals surface area contributed by atoms with Gasteiger partial charge in [-0.1, -0.05) is 212 Å². The molecule has 0 saturated heterocycles. The number of nitrogens with zero attached hydrogens (tertiary/aromatic N) is 5. The first-order valence-corrected chi connectivity index (χ1v) is 23.7. The molecule has 13 rings (SSSR count). The summed E-state index contributed by atoms with van der Waals surface area (Å²) in [5, 5.41) is 4.42. The third-order valence-electron chi connectivity index (χ3n) is 13.2. The molecule has 10 aromatic carbocycles. The zero-order chi connectivity index (χ0) is 47.1. The third kappa shape index (κ3) is 8.09. The lowest BCUT2D eigenvalue weighted by Gasteiger charge is -2.12. The van der Waals surface area contributed by atoms with Gasteiger partial charge in [0.2, 0.25) is 0 Å². The van der Waals surface area contributed by atoms with Gasteiger partial charge in [-0.2, -0.15) is 0 Å². The Morgan fingerprint density at radius 2 is 0.620 bits per heavy atom. The van der Waals surface area contributed by atoms with Crippen molar-refractivity contribution in [2.45, 2.75) is 0 Å². The lowest BCUT2D eigenvalue weighted by Crippen LogP contribution is -2.00. The predicted molar refractivity (Wildman–Crippen MR) is 289 cm³/mol. The van der Waals surface area contributed by atoms with Crippen molar-refractivity contribution in [1.29, 1.82) is 0 Å². The van der Waals surface area contributed by atoms with E-state index in [1.54, 1.807) is 0 Å². The highest BCUT2D eigenvalue weighted by Crippen LogP contribution is 2.38. The molecule has 0 spiro atoms. The number of furan rings is 1. The molecule has 0 amide bonds. The quantitative estimate of drug-likeness (QED) is 0.144. The molecular weight excluding hydrogens is 867 g/mol. The SMILES string of the molecule is c1ccc(-c2ccc(-c3nc(-c4ccc(-c5ccccc5)cc4)nc(-c4cccc(-c5cccc(-c6cc(-c7ccc8c(c7)oc7c9ccccc9ccc87)nc(-c7ccccc7)n6)c5)c4)n3)cc2)cc1. The van der Waals surface area contributed by atoms with Crippen LogP contribution in [0.15, 0.2) is 253 Å². The van der Waals surface area contributed by atoms with Crippen LogP contribution in [0.5, 0.6) is 0 Å². The molecule has 6 nitrogen and oxygen atoms in total. The average Bonchev–Trinajstić information content (AvgIpc) is 3.85. The van der Waals surface area contributed by atoms with Crippen LogP contribution >= 0.6 is 0 Å². The highest BCUT2D eigenvalue weighted by molar-refractivity contribution is 6.15. The summed E-state index contributed by atoms with van der Waals surface area (Å²) in [6.07, 6.45) is 0. The first-order chi connectivity index (χ1) is 35.1. The molecule has 0 N–H and O–H groups in total. The van der Waals surface area contributed by atoms with Crippen LogP contribution < -0.4 is 0 Å². The minimum absolute atomic E-state index is 0.588. The minimum atomic E-state index is 0.588. The molecule has 71 heavy (non-hydrogen) atoms. The van der Waals surface area contributed by atoms with Crippen molar-refractivity contribution in [3.05, 3.63) is 249 Å². The fraction of sp³-hybridized carbons (Fsp3) is 0. The molecule has 0 aliphatic carbocycles. The fourth-order valence-electron chi connectivity index (χ4n) is 9.47. The number of fused-ring (bicyclic) bond motifs is 5. The van der Waals surface area contributed by atoms with Gasteiger partial charge in [0.15, 0.2) is 23.3 Å². The smallest absolute Gasteiger partial charge is 0.164 e. The summed E-state index contributed by atoms with van der Waals surface area (Å²) in [5.41, 5.74) is 15.5. The van der Waals surface area contributed by atoms with Crippen LogP contribution in [0.1, 0.15) is 0 Å². The van der Waals surface area contributed by atoms with Crippen molar-refractivity contribution < 1.29 is 4.42 Å². The highest BCUT2D eigenvalue weighted by Gasteiger charge is 2.17. The van der Waals surface area contributed by atoms with Gasteiger partial charge in [0.1, 0.15) is 11.2 Å². The molecule has 0 bridgehead atoms. The van der Waals surface area contributed by atoms with Crippen molar-refractivity contribution in [2.24, 2.45) is 0 Å². The summed E-state index contributed by atoms with van der Waals surface area (Å²) in [7, 11) is 0. The van der Waals surface area contributed by atoms with E-state index in [0.29, 0.717) is 23.3 Å². The standard InChI is InChI=1S/C65H41N5O/c1-4-14-42(15-5-1)44-26-30-48(31-27-44)63-68-64(49-32-28-45(29-33-49)43-16-6-2-7-17-43)70-65(69-63)54-24-13-22-51(39-54)50-21-12-23-52(38-50)58-41-59(67-62(66-58)47-19-8-3-9-20-47)53-35-36-56-57-37-34-46-18-10-11-25-55(46)61(57)71-60(56)40-53/h1-41H. The molecule has 0 radical (unpaired) electrons. The Morgan fingerprint density at radius 1 is 0.225 bits per heavy atom. The first kappa shape index (κ1) is 41.5. The normalized spacial score (nSPS) is 11.4. The Hall–Kier alpha value is -9.65. The van der Waals surface area contributed by atoms with E-state index in [1.807, 2.05) is 30.3 Å². The molecule has 0 atom stereocenters. The highest BCUT2D eigenvalue weighted by atomic mass is 16.3. The number of rotatable bonds is 9. The first-order valence-electron chi connectivity index (χ1n) is 23.7. The summed E-state index contributed by atoms with van der Waals surface area (Å²) in [5.74, 6) is 2.44. The maximum Gasteiger partial charge on any atom is 0.164 e. The molecule has 3 aromatic heterocycles. The van der Waals surface area contributed by atoms with Crippen molar-refractivity contribution in [3.63, 3.8) is 0 Å². The molecule has 0 fully saturated rings. The molecule has 0 unspecified atom stereocenters. The molecule has 0 aliphatic heterocycles. The summed E-state index contributed by atoms with van der Waals surface area (Å²) in [4.78, 5) is 25.7. The molecule has 13 aromatic rings. The number of aromatic nitrogens is 5. The maximum absolute atomic E-state index is 6.61. The van der Waals surface area contributed by atoms with Gasteiger partial charge >= 0.3 is 0 Å². The Balaban J connectivity index is 0.880. The average molecular weight is 908 g/mol. The lowest BCUT2D eigenvalue weighted by atomic mass is 9.98.